The first-order valence-corrected chi connectivity index (χ1v) is 2.36. The number of nitrogens with two attached hydrogens (primary N) is 1. The maximum Gasteiger partial charge on any atom is 0.346 e. The Morgan fingerprint density at radius 2 is 2.12 bits per heavy atom. The molecule has 0 aromatic carbocycles. The lowest BCUT2D eigenvalue weighted by Gasteiger charge is -2.07. The van der Waals surface area contributed by atoms with Gasteiger partial charge in [-0.1, -0.05) is 6.92 Å². The Bertz CT molecular complexity index is 60.0. The molecule has 0 radical (unpaired) electrons. The van der Waals surface area contributed by atoms with Gasteiger partial charge in [0.2, 0.25) is 0 Å². The number of halogens is 2. The van der Waals surface area contributed by atoms with E-state index in [2.05, 4.69) is 4.74 Å². The molecule has 0 heterocycles. The SMILES string of the molecule is CCC(N)OC(F)F. The number of ether oxygens (including phenoxy) is 1. The second-order valence-electron chi connectivity index (χ2n) is 1.34. The van der Waals surface area contributed by atoms with Crippen LogP contribution in [0.3, 0.4) is 0 Å². The summed E-state index contributed by atoms with van der Waals surface area (Å²) in [7, 11) is 0. The molecule has 0 saturated heterocycles. The first-order valence-electron chi connectivity index (χ1n) is 2.36. The highest BCUT2D eigenvalue weighted by molar-refractivity contribution is 4.38. The molecule has 0 saturated carbocycles. The monoisotopic (exact) mass is 125 g/mol. The maximum absolute atomic E-state index is 11.2. The van der Waals surface area contributed by atoms with E-state index in [9.17, 15) is 8.78 Å². The standard InChI is InChI=1S/C4H9F2NO/c1-2-3(7)8-4(5)6/h3-4H,2,7H2,1H3. The summed E-state index contributed by atoms with van der Waals surface area (Å²) in [5.74, 6) is 0. The molecule has 0 rings (SSSR count). The van der Waals surface area contributed by atoms with Gasteiger partial charge in [0.05, 0.1) is 0 Å². The molecule has 0 fully saturated rings. The van der Waals surface area contributed by atoms with Crippen LogP contribution in [0.1, 0.15) is 13.3 Å². The van der Waals surface area contributed by atoms with Crippen molar-refractivity contribution in [3.8, 4) is 0 Å². The largest absolute Gasteiger partial charge is 0.346 e. The molecule has 0 aliphatic carbocycles. The molecule has 1 atom stereocenters. The van der Waals surface area contributed by atoms with Crippen molar-refractivity contribution in [2.75, 3.05) is 0 Å². The van der Waals surface area contributed by atoms with E-state index in [0.717, 1.165) is 0 Å². The zero-order valence-electron chi connectivity index (χ0n) is 4.60. The van der Waals surface area contributed by atoms with Gasteiger partial charge >= 0.3 is 6.61 Å². The second kappa shape index (κ2) is 3.74. The van der Waals surface area contributed by atoms with E-state index < -0.39 is 12.8 Å². The Morgan fingerprint density at radius 1 is 1.62 bits per heavy atom. The van der Waals surface area contributed by atoms with E-state index in [-0.39, 0.29) is 0 Å². The summed E-state index contributed by atoms with van der Waals surface area (Å²) in [5.41, 5.74) is 4.97. The summed E-state index contributed by atoms with van der Waals surface area (Å²) in [5, 5.41) is 0. The Morgan fingerprint density at radius 3 is 2.25 bits per heavy atom. The molecule has 50 valence electrons. The van der Waals surface area contributed by atoms with E-state index in [0.29, 0.717) is 6.42 Å². The molecular weight excluding hydrogens is 116 g/mol. The normalized spacial score (nSPS) is 14.6. The fraction of sp³-hybridized carbons (Fsp3) is 1.00. The van der Waals surface area contributed by atoms with Gasteiger partial charge in [-0.2, -0.15) is 8.78 Å². The van der Waals surface area contributed by atoms with Gasteiger partial charge in [0.15, 0.2) is 0 Å². The van der Waals surface area contributed by atoms with Crippen LogP contribution in [0, 0.1) is 0 Å². The zero-order valence-corrected chi connectivity index (χ0v) is 4.60. The minimum Gasteiger partial charge on any atom is -0.306 e. The lowest BCUT2D eigenvalue weighted by atomic mass is 10.4. The van der Waals surface area contributed by atoms with Crippen molar-refractivity contribution < 1.29 is 13.5 Å². The van der Waals surface area contributed by atoms with Gasteiger partial charge in [-0.15, -0.1) is 0 Å². The Kier molecular flexibility index (Phi) is 3.64. The van der Waals surface area contributed by atoms with E-state index >= 15 is 0 Å². The van der Waals surface area contributed by atoms with Crippen LogP contribution < -0.4 is 5.73 Å². The minimum absolute atomic E-state index is 0.407. The predicted molar refractivity (Wildman–Crippen MR) is 25.4 cm³/mol. The smallest absolute Gasteiger partial charge is 0.306 e. The van der Waals surface area contributed by atoms with E-state index in [4.69, 9.17) is 5.73 Å². The molecule has 0 aromatic rings. The van der Waals surface area contributed by atoms with Gasteiger partial charge in [-0.3, -0.25) is 0 Å². The number of alkyl halides is 2. The van der Waals surface area contributed by atoms with Crippen molar-refractivity contribution in [2.45, 2.75) is 26.2 Å². The van der Waals surface area contributed by atoms with Crippen LogP contribution in [-0.2, 0) is 4.74 Å². The highest BCUT2D eigenvalue weighted by Gasteiger charge is 2.06. The van der Waals surface area contributed by atoms with Gasteiger partial charge in [-0.05, 0) is 6.42 Å². The average Bonchev–Trinajstić information content (AvgIpc) is 1.65. The van der Waals surface area contributed by atoms with Crippen LogP contribution in [-0.4, -0.2) is 12.8 Å². The molecule has 2 N–H and O–H groups in total. The highest BCUT2D eigenvalue weighted by Crippen LogP contribution is 1.98. The van der Waals surface area contributed by atoms with Crippen molar-refractivity contribution in [1.29, 1.82) is 0 Å². The quantitative estimate of drug-likeness (QED) is 0.569. The van der Waals surface area contributed by atoms with Crippen molar-refractivity contribution in [3.63, 3.8) is 0 Å². The topological polar surface area (TPSA) is 35.2 Å². The lowest BCUT2D eigenvalue weighted by Crippen LogP contribution is -2.24. The Labute approximate surface area is 46.6 Å². The van der Waals surface area contributed by atoms with Gasteiger partial charge in [-0.25, -0.2) is 0 Å². The van der Waals surface area contributed by atoms with Crippen LogP contribution in [0.25, 0.3) is 0 Å². The molecule has 4 heteroatoms. The fourth-order valence-corrected chi connectivity index (χ4v) is 0.228. The summed E-state index contributed by atoms with van der Waals surface area (Å²) < 4.78 is 26.2. The van der Waals surface area contributed by atoms with Crippen LogP contribution in [0.15, 0.2) is 0 Å². The fourth-order valence-electron chi connectivity index (χ4n) is 0.228. The van der Waals surface area contributed by atoms with Crippen LogP contribution in [0.5, 0.6) is 0 Å². The molecule has 1 unspecified atom stereocenters. The van der Waals surface area contributed by atoms with E-state index in [1.807, 2.05) is 0 Å². The molecule has 0 aromatic heterocycles. The van der Waals surface area contributed by atoms with Gasteiger partial charge in [0.25, 0.3) is 0 Å². The molecule has 0 aliphatic rings. The molecule has 0 aliphatic heterocycles. The third-order valence-corrected chi connectivity index (χ3v) is 0.680. The summed E-state index contributed by atoms with van der Waals surface area (Å²) in [4.78, 5) is 0. The maximum atomic E-state index is 11.2. The predicted octanol–water partition coefficient (Wildman–Crippen LogP) is 0.920. The summed E-state index contributed by atoms with van der Waals surface area (Å²) in [6, 6.07) is 0. The lowest BCUT2D eigenvalue weighted by molar-refractivity contribution is -0.161. The third kappa shape index (κ3) is 3.95. The van der Waals surface area contributed by atoms with Gasteiger partial charge < -0.3 is 10.5 Å². The number of rotatable bonds is 3. The first-order chi connectivity index (χ1) is 3.66. The van der Waals surface area contributed by atoms with E-state index in [1.54, 1.807) is 6.92 Å². The molecule has 0 amide bonds. The average molecular weight is 125 g/mol. The minimum atomic E-state index is -2.75. The summed E-state index contributed by atoms with van der Waals surface area (Å²) in [6.07, 6.45) is -0.417. The molecule has 8 heavy (non-hydrogen) atoms. The zero-order chi connectivity index (χ0) is 6.57. The van der Waals surface area contributed by atoms with Crippen molar-refractivity contribution in [3.05, 3.63) is 0 Å². The van der Waals surface area contributed by atoms with Gasteiger partial charge in [0.1, 0.15) is 6.23 Å². The van der Waals surface area contributed by atoms with Gasteiger partial charge in [0, 0.05) is 0 Å². The second-order valence-corrected chi connectivity index (χ2v) is 1.34. The third-order valence-electron chi connectivity index (χ3n) is 0.680. The van der Waals surface area contributed by atoms with Crippen molar-refractivity contribution in [2.24, 2.45) is 5.73 Å². The molecule has 0 bridgehead atoms. The first kappa shape index (κ1) is 7.78. The Balaban J connectivity index is 3.10. The van der Waals surface area contributed by atoms with E-state index in [1.165, 1.54) is 0 Å². The number of hydrogen-bond donors (Lipinski definition) is 1. The van der Waals surface area contributed by atoms with Crippen molar-refractivity contribution in [1.82, 2.24) is 0 Å². The Hall–Kier alpha value is -0.220. The summed E-state index contributed by atoms with van der Waals surface area (Å²) in [6.45, 7) is -1.07. The van der Waals surface area contributed by atoms with Crippen LogP contribution in [0.2, 0.25) is 0 Å². The number of hydrogen-bond acceptors (Lipinski definition) is 2. The summed E-state index contributed by atoms with van der Waals surface area (Å²) >= 11 is 0. The molecule has 0 spiro atoms. The molecule has 2 nitrogen and oxygen atoms in total. The van der Waals surface area contributed by atoms with Crippen molar-refractivity contribution >= 4 is 0 Å². The van der Waals surface area contributed by atoms with Crippen LogP contribution >= 0.6 is 0 Å². The molecular formula is C4H9F2NO. The van der Waals surface area contributed by atoms with Crippen LogP contribution in [0.4, 0.5) is 8.78 Å². The highest BCUT2D eigenvalue weighted by atomic mass is 19.3.